The van der Waals surface area contributed by atoms with Gasteiger partial charge in [0, 0.05) is 24.9 Å². The van der Waals surface area contributed by atoms with Gasteiger partial charge in [-0.25, -0.2) is 14.4 Å². The summed E-state index contributed by atoms with van der Waals surface area (Å²) in [6, 6.07) is 5.27. The minimum Gasteiger partial charge on any atom is -0.493 e. The number of carbonyl (C=O) groups is 2. The van der Waals surface area contributed by atoms with Crippen LogP contribution in [0.5, 0.6) is 5.75 Å². The average molecular weight is 510 g/mol. The second-order valence-corrected chi connectivity index (χ2v) is 9.98. The number of ether oxygens (including phenoxy) is 2. The molecule has 37 heavy (non-hydrogen) atoms. The number of hydrogen-bond donors (Lipinski definition) is 2. The second kappa shape index (κ2) is 10.5. The van der Waals surface area contributed by atoms with Gasteiger partial charge < -0.3 is 24.7 Å². The first-order valence-electron chi connectivity index (χ1n) is 12.6. The summed E-state index contributed by atoms with van der Waals surface area (Å²) >= 11 is 0. The fourth-order valence-electron chi connectivity index (χ4n) is 4.80. The number of likely N-dealkylation sites (tertiary alicyclic amines) is 1. The summed E-state index contributed by atoms with van der Waals surface area (Å²) in [6.45, 7) is 4.65. The molecule has 1 saturated heterocycles. The number of fused-ring (bicyclic) bond motifs is 1. The molecule has 5 rings (SSSR count). The molecule has 3 heterocycles. The first kappa shape index (κ1) is 25.1. The summed E-state index contributed by atoms with van der Waals surface area (Å²) in [6.07, 6.45) is 2.75. The van der Waals surface area contributed by atoms with Gasteiger partial charge in [0.2, 0.25) is 5.91 Å². The van der Waals surface area contributed by atoms with Gasteiger partial charge >= 0.3 is 0 Å². The molecule has 1 aliphatic carbocycles. The van der Waals surface area contributed by atoms with Crippen LogP contribution in [0.15, 0.2) is 24.5 Å². The van der Waals surface area contributed by atoms with Crippen LogP contribution in [0.3, 0.4) is 0 Å². The number of hydrogen-bond acceptors (Lipinski definition) is 6. The molecule has 2 atom stereocenters. The fraction of sp³-hybridized carbons (Fsp3) is 0.481. The van der Waals surface area contributed by atoms with Gasteiger partial charge in [0.15, 0.2) is 0 Å². The van der Waals surface area contributed by atoms with Gasteiger partial charge in [-0.1, -0.05) is 11.6 Å². The van der Waals surface area contributed by atoms with Crippen LogP contribution >= 0.6 is 0 Å². The smallest absolute Gasteiger partial charge is 0.255 e. The summed E-state index contributed by atoms with van der Waals surface area (Å²) in [5.74, 6) is 0.674. The molecule has 2 aliphatic rings. The number of piperidine rings is 1. The lowest BCUT2D eigenvalue weighted by molar-refractivity contribution is -0.137. The van der Waals surface area contributed by atoms with Gasteiger partial charge in [-0.05, 0) is 51.2 Å². The van der Waals surface area contributed by atoms with E-state index < -0.39 is 18.1 Å². The third kappa shape index (κ3) is 5.29. The summed E-state index contributed by atoms with van der Waals surface area (Å²) in [5.41, 5.74) is 4.61. The number of aromatic nitrogens is 3. The van der Waals surface area contributed by atoms with E-state index in [2.05, 4.69) is 20.3 Å². The van der Waals surface area contributed by atoms with Gasteiger partial charge in [-0.2, -0.15) is 0 Å². The Hall–Kier alpha value is -3.53. The van der Waals surface area contributed by atoms with Crippen LogP contribution in [0.4, 0.5) is 4.39 Å². The normalized spacial score (nSPS) is 19.7. The van der Waals surface area contributed by atoms with Crippen molar-refractivity contribution in [1.82, 2.24) is 25.2 Å². The molecule has 196 valence electrons. The van der Waals surface area contributed by atoms with E-state index in [0.717, 1.165) is 16.9 Å². The van der Waals surface area contributed by atoms with Crippen LogP contribution < -0.4 is 10.1 Å². The van der Waals surface area contributed by atoms with Crippen LogP contribution in [0, 0.1) is 19.8 Å². The van der Waals surface area contributed by atoms with Crippen molar-refractivity contribution in [3.63, 3.8) is 0 Å². The van der Waals surface area contributed by atoms with Crippen molar-refractivity contribution in [3.05, 3.63) is 41.3 Å². The Morgan fingerprint density at radius 1 is 1.22 bits per heavy atom. The standard InChI is InChI=1S/C27H32FN5O4/c1-15-4-7-21(37-12-17-5-6-17)18(10-15)24-26-25(30-14-29-24)23(16(2)31-26)27(35)32-20-8-9-33(11-19(20)28)22(34)13-36-3/h4,7,10,14,17,19-20,31H,5-6,8-9,11-13H2,1-3H3,(H,32,35)/t19-,20+/m0/s1. The molecule has 0 bridgehead atoms. The molecule has 1 saturated carbocycles. The number of halogens is 1. The third-order valence-corrected chi connectivity index (χ3v) is 7.04. The first-order chi connectivity index (χ1) is 17.9. The highest BCUT2D eigenvalue weighted by Crippen LogP contribution is 2.37. The van der Waals surface area contributed by atoms with Crippen molar-refractivity contribution >= 4 is 22.8 Å². The molecule has 2 aromatic heterocycles. The van der Waals surface area contributed by atoms with Crippen molar-refractivity contribution in [1.29, 1.82) is 0 Å². The van der Waals surface area contributed by atoms with Crippen molar-refractivity contribution in [3.8, 4) is 17.0 Å². The summed E-state index contributed by atoms with van der Waals surface area (Å²) in [7, 11) is 1.43. The molecule has 0 unspecified atom stereocenters. The maximum atomic E-state index is 14.9. The van der Waals surface area contributed by atoms with Crippen LogP contribution in [0.1, 0.15) is 40.9 Å². The lowest BCUT2D eigenvalue weighted by Gasteiger charge is -2.35. The lowest BCUT2D eigenvalue weighted by atomic mass is 10.0. The van der Waals surface area contributed by atoms with Crippen molar-refractivity contribution in [2.24, 2.45) is 5.92 Å². The Bertz CT molecular complexity index is 1320. The first-order valence-corrected chi connectivity index (χ1v) is 12.6. The Kier molecular flexibility index (Phi) is 7.10. The van der Waals surface area contributed by atoms with E-state index in [1.165, 1.54) is 31.2 Å². The zero-order valence-corrected chi connectivity index (χ0v) is 21.3. The van der Waals surface area contributed by atoms with E-state index in [0.29, 0.717) is 53.5 Å². The van der Waals surface area contributed by atoms with E-state index in [1.807, 2.05) is 25.1 Å². The van der Waals surface area contributed by atoms with Crippen molar-refractivity contribution in [2.45, 2.75) is 45.3 Å². The number of methoxy groups -OCH3 is 1. The number of rotatable bonds is 8. The molecule has 1 aromatic carbocycles. The predicted molar refractivity (Wildman–Crippen MR) is 136 cm³/mol. The topological polar surface area (TPSA) is 109 Å². The minimum absolute atomic E-state index is 0.0800. The van der Waals surface area contributed by atoms with Crippen LogP contribution in [-0.2, 0) is 9.53 Å². The molecule has 2 fully saturated rings. The maximum absolute atomic E-state index is 14.9. The van der Waals surface area contributed by atoms with E-state index in [4.69, 9.17) is 9.47 Å². The van der Waals surface area contributed by atoms with Gasteiger partial charge in [0.1, 0.15) is 36.1 Å². The average Bonchev–Trinajstić information content (AvgIpc) is 3.64. The lowest BCUT2D eigenvalue weighted by Crippen LogP contribution is -2.54. The number of H-pyrrole nitrogens is 1. The molecule has 0 radical (unpaired) electrons. The molecule has 9 nitrogen and oxygen atoms in total. The summed E-state index contributed by atoms with van der Waals surface area (Å²) in [4.78, 5) is 39.0. The van der Waals surface area contributed by atoms with Gasteiger partial charge in [-0.3, -0.25) is 9.59 Å². The molecule has 0 spiro atoms. The zero-order chi connectivity index (χ0) is 26.1. The minimum atomic E-state index is -1.38. The number of amides is 2. The SMILES string of the molecule is COCC(=O)N1CC[C@@H](NC(=O)c2c(C)[nH]c3c(-c4cc(C)ccc4OCC4CC4)ncnc23)[C@@H](F)C1. The number of alkyl halides is 1. The quantitative estimate of drug-likeness (QED) is 0.482. The largest absolute Gasteiger partial charge is 0.493 e. The van der Waals surface area contributed by atoms with Gasteiger partial charge in [0.25, 0.3) is 5.91 Å². The van der Waals surface area contributed by atoms with Crippen LogP contribution in [0.25, 0.3) is 22.3 Å². The number of aromatic amines is 1. The Labute approximate surface area is 214 Å². The molecule has 3 aromatic rings. The zero-order valence-electron chi connectivity index (χ0n) is 21.3. The summed E-state index contributed by atoms with van der Waals surface area (Å²) in [5, 5.41) is 2.83. The number of benzene rings is 1. The molecule has 10 heteroatoms. The van der Waals surface area contributed by atoms with E-state index in [1.54, 1.807) is 6.92 Å². The number of aryl methyl sites for hydroxylation is 2. The van der Waals surface area contributed by atoms with E-state index in [-0.39, 0.29) is 19.1 Å². The number of nitrogens with zero attached hydrogens (tertiary/aromatic N) is 3. The van der Waals surface area contributed by atoms with Crippen molar-refractivity contribution in [2.75, 3.05) is 33.4 Å². The third-order valence-electron chi connectivity index (χ3n) is 7.04. The van der Waals surface area contributed by atoms with Gasteiger partial charge in [-0.15, -0.1) is 0 Å². The summed E-state index contributed by atoms with van der Waals surface area (Å²) < 4.78 is 25.9. The van der Waals surface area contributed by atoms with E-state index in [9.17, 15) is 14.0 Å². The highest BCUT2D eigenvalue weighted by Gasteiger charge is 2.33. The Morgan fingerprint density at radius 3 is 2.76 bits per heavy atom. The highest BCUT2D eigenvalue weighted by atomic mass is 19.1. The van der Waals surface area contributed by atoms with Crippen LogP contribution in [-0.4, -0.2) is 77.3 Å². The Morgan fingerprint density at radius 2 is 2.03 bits per heavy atom. The second-order valence-electron chi connectivity index (χ2n) is 9.98. The highest BCUT2D eigenvalue weighted by molar-refractivity contribution is 6.09. The molecular formula is C27H32FN5O4. The van der Waals surface area contributed by atoms with Crippen LogP contribution in [0.2, 0.25) is 0 Å². The van der Waals surface area contributed by atoms with E-state index >= 15 is 0 Å². The molecule has 1 aliphatic heterocycles. The number of carbonyl (C=O) groups excluding carboxylic acids is 2. The predicted octanol–water partition coefficient (Wildman–Crippen LogP) is 3.35. The maximum Gasteiger partial charge on any atom is 0.255 e. The monoisotopic (exact) mass is 509 g/mol. The van der Waals surface area contributed by atoms with Gasteiger partial charge in [0.05, 0.1) is 30.3 Å². The fourth-order valence-corrected chi connectivity index (χ4v) is 4.80. The molecule has 2 N–H and O–H groups in total. The van der Waals surface area contributed by atoms with Crippen molar-refractivity contribution < 1.29 is 23.5 Å². The molecular weight excluding hydrogens is 477 g/mol. The number of nitrogens with one attached hydrogen (secondary N) is 2. The Balaban J connectivity index is 1.40. The molecule has 2 amide bonds.